The Bertz CT molecular complexity index is 1370. The maximum atomic E-state index is 14.7. The van der Waals surface area contributed by atoms with Crippen molar-refractivity contribution in [3.63, 3.8) is 0 Å². The second-order valence-electron chi connectivity index (χ2n) is 8.58. The average molecular weight is 473 g/mol. The predicted molar refractivity (Wildman–Crippen MR) is 132 cm³/mol. The summed E-state index contributed by atoms with van der Waals surface area (Å²) in [6.45, 7) is 2.53. The molecule has 0 saturated heterocycles. The monoisotopic (exact) mass is 472 g/mol. The van der Waals surface area contributed by atoms with Crippen molar-refractivity contribution < 1.29 is 9.18 Å². The summed E-state index contributed by atoms with van der Waals surface area (Å²) in [6.07, 6.45) is 8.82. The number of hydrogen-bond donors (Lipinski definition) is 3. The Morgan fingerprint density at radius 1 is 1.11 bits per heavy atom. The van der Waals surface area contributed by atoms with Crippen LogP contribution in [0.2, 0.25) is 0 Å². The Hall–Kier alpha value is -4.21. The van der Waals surface area contributed by atoms with E-state index < -0.39 is 5.82 Å². The highest BCUT2D eigenvalue weighted by atomic mass is 19.1. The first kappa shape index (κ1) is 22.6. The number of hydrogen-bond acceptors (Lipinski definition) is 8. The third-order valence-corrected chi connectivity index (χ3v) is 5.99. The molecule has 4 aromatic rings. The van der Waals surface area contributed by atoms with Gasteiger partial charge in [-0.2, -0.15) is 0 Å². The minimum absolute atomic E-state index is 0.0416. The fourth-order valence-corrected chi connectivity index (χ4v) is 3.89. The Morgan fingerprint density at radius 2 is 1.91 bits per heavy atom. The zero-order chi connectivity index (χ0) is 24.4. The number of benzene rings is 1. The Kier molecular flexibility index (Phi) is 6.17. The van der Waals surface area contributed by atoms with E-state index in [1.165, 1.54) is 31.7 Å². The first-order valence-corrected chi connectivity index (χ1v) is 11.5. The number of aromatic nitrogens is 5. The normalized spacial score (nSPS) is 13.9. The lowest BCUT2D eigenvalue weighted by Crippen LogP contribution is -2.19. The van der Waals surface area contributed by atoms with Gasteiger partial charge in [-0.15, -0.1) is 0 Å². The van der Waals surface area contributed by atoms with Gasteiger partial charge >= 0.3 is 0 Å². The molecule has 1 aliphatic rings. The smallest absolute Gasteiger partial charge is 0.251 e. The molecular formula is C25H25FN8O. The zero-order valence-electron chi connectivity index (χ0n) is 19.4. The van der Waals surface area contributed by atoms with E-state index in [1.807, 2.05) is 13.0 Å². The summed E-state index contributed by atoms with van der Waals surface area (Å²) >= 11 is 0. The maximum absolute atomic E-state index is 14.7. The molecule has 3 aromatic heterocycles. The highest BCUT2D eigenvalue weighted by Crippen LogP contribution is 2.29. The van der Waals surface area contributed by atoms with E-state index in [0.717, 1.165) is 24.0 Å². The topological polar surface area (TPSA) is 118 Å². The van der Waals surface area contributed by atoms with Crippen molar-refractivity contribution in [2.75, 3.05) is 24.2 Å². The van der Waals surface area contributed by atoms with Gasteiger partial charge in [0, 0.05) is 61.2 Å². The molecule has 1 aliphatic carbocycles. The van der Waals surface area contributed by atoms with Gasteiger partial charge < -0.3 is 16.0 Å². The second kappa shape index (κ2) is 9.57. The molecule has 1 atom stereocenters. The van der Waals surface area contributed by atoms with Crippen LogP contribution < -0.4 is 16.0 Å². The second-order valence-corrected chi connectivity index (χ2v) is 8.58. The number of amides is 1. The quantitative estimate of drug-likeness (QED) is 0.355. The number of nitrogens with one attached hydrogen (secondary N) is 3. The molecule has 1 saturated carbocycles. The van der Waals surface area contributed by atoms with Crippen molar-refractivity contribution in [2.45, 2.75) is 31.7 Å². The molecule has 5 rings (SSSR count). The van der Waals surface area contributed by atoms with Crippen molar-refractivity contribution in [2.24, 2.45) is 0 Å². The minimum Gasteiger partial charge on any atom is -0.369 e. The number of rotatable bonds is 8. The van der Waals surface area contributed by atoms with Gasteiger partial charge in [-0.05, 0) is 30.5 Å². The van der Waals surface area contributed by atoms with Crippen LogP contribution in [0.1, 0.15) is 41.6 Å². The molecule has 1 amide bonds. The Morgan fingerprint density at radius 3 is 2.66 bits per heavy atom. The molecule has 0 spiro atoms. The van der Waals surface area contributed by atoms with Crippen molar-refractivity contribution in [1.29, 1.82) is 0 Å². The van der Waals surface area contributed by atoms with Gasteiger partial charge in [0.1, 0.15) is 18.0 Å². The lowest BCUT2D eigenvalue weighted by atomic mass is 9.95. The molecule has 3 N–H and O–H groups in total. The van der Waals surface area contributed by atoms with Crippen LogP contribution in [0.4, 0.5) is 16.2 Å². The van der Waals surface area contributed by atoms with Crippen LogP contribution in [0.3, 0.4) is 0 Å². The Balaban J connectivity index is 1.33. The lowest BCUT2D eigenvalue weighted by molar-refractivity contribution is 0.0964. The largest absolute Gasteiger partial charge is 0.369 e. The zero-order valence-corrected chi connectivity index (χ0v) is 19.4. The fourth-order valence-electron chi connectivity index (χ4n) is 3.89. The van der Waals surface area contributed by atoms with E-state index in [2.05, 4.69) is 40.9 Å². The van der Waals surface area contributed by atoms with Gasteiger partial charge in [-0.1, -0.05) is 13.0 Å². The number of carbonyl (C=O) groups is 1. The first-order chi connectivity index (χ1) is 17.0. The van der Waals surface area contributed by atoms with Crippen LogP contribution in [0, 0.1) is 5.82 Å². The number of carbonyl (C=O) groups excluding carboxylic acids is 1. The molecule has 1 fully saturated rings. The summed E-state index contributed by atoms with van der Waals surface area (Å²) in [6, 6.07) is 6.95. The molecule has 1 aromatic carbocycles. The van der Waals surface area contributed by atoms with Crippen LogP contribution in [0.5, 0.6) is 0 Å². The van der Waals surface area contributed by atoms with E-state index in [4.69, 9.17) is 0 Å². The summed E-state index contributed by atoms with van der Waals surface area (Å²) in [4.78, 5) is 34.0. The average Bonchev–Trinajstić information content (AvgIpc) is 3.71. The summed E-state index contributed by atoms with van der Waals surface area (Å²) in [7, 11) is 1.52. The molecule has 10 heteroatoms. The number of pyridine rings is 1. The van der Waals surface area contributed by atoms with Crippen LogP contribution in [0.15, 0.2) is 49.2 Å². The standard InChI is InChI=1S/C25H25FN8O/c1-14(17-5-6-19(26)22-18(24(35)27-2)7-8-28-23(17)22)10-29-21-9-20(32-13-33-21)15-11-30-25(31-12-15)34-16-3-4-16/h5-9,11-14,16H,3-4,10H2,1-2H3,(H,27,35)(H,29,32,33)(H,30,31,34)/t14-/m1/s1. The van der Waals surface area contributed by atoms with Crippen molar-refractivity contribution >= 4 is 28.6 Å². The van der Waals surface area contributed by atoms with Crippen LogP contribution in [-0.2, 0) is 0 Å². The maximum Gasteiger partial charge on any atom is 0.251 e. The van der Waals surface area contributed by atoms with E-state index in [1.54, 1.807) is 18.5 Å². The van der Waals surface area contributed by atoms with Crippen molar-refractivity contribution in [3.05, 3.63) is 66.1 Å². The van der Waals surface area contributed by atoms with Crippen molar-refractivity contribution in [1.82, 2.24) is 30.2 Å². The number of nitrogens with zero attached hydrogens (tertiary/aromatic N) is 5. The first-order valence-electron chi connectivity index (χ1n) is 11.5. The van der Waals surface area contributed by atoms with Gasteiger partial charge in [0.2, 0.25) is 5.95 Å². The number of halogens is 1. The molecule has 0 bridgehead atoms. The fraction of sp³-hybridized carbons (Fsp3) is 0.280. The predicted octanol–water partition coefficient (Wildman–Crippen LogP) is 3.77. The van der Waals surface area contributed by atoms with Gasteiger partial charge in [0.15, 0.2) is 0 Å². The third kappa shape index (κ3) is 4.86. The van der Waals surface area contributed by atoms with Crippen LogP contribution in [-0.4, -0.2) is 50.5 Å². The molecule has 0 radical (unpaired) electrons. The van der Waals surface area contributed by atoms with E-state index in [-0.39, 0.29) is 22.8 Å². The summed E-state index contributed by atoms with van der Waals surface area (Å²) in [5.41, 5.74) is 3.07. The Labute approximate surface area is 201 Å². The summed E-state index contributed by atoms with van der Waals surface area (Å²) < 4.78 is 14.7. The molecule has 35 heavy (non-hydrogen) atoms. The van der Waals surface area contributed by atoms with E-state index >= 15 is 0 Å². The molecule has 178 valence electrons. The van der Waals surface area contributed by atoms with E-state index in [0.29, 0.717) is 35.6 Å². The molecular weight excluding hydrogens is 447 g/mol. The molecule has 0 aliphatic heterocycles. The third-order valence-electron chi connectivity index (χ3n) is 5.99. The van der Waals surface area contributed by atoms with Gasteiger partial charge in [0.25, 0.3) is 5.91 Å². The highest BCUT2D eigenvalue weighted by molar-refractivity contribution is 6.06. The molecule has 9 nitrogen and oxygen atoms in total. The minimum atomic E-state index is -0.475. The summed E-state index contributed by atoms with van der Waals surface area (Å²) in [5, 5.41) is 9.37. The van der Waals surface area contributed by atoms with Gasteiger partial charge in [-0.25, -0.2) is 24.3 Å². The summed E-state index contributed by atoms with van der Waals surface area (Å²) in [5.74, 6) is 0.398. The van der Waals surface area contributed by atoms with Crippen LogP contribution >= 0.6 is 0 Å². The SMILES string of the molecule is CNC(=O)c1ccnc2c([C@H](C)CNc3cc(-c4cnc(NC5CC5)nc4)ncn3)ccc(F)c12. The number of anilines is 2. The van der Waals surface area contributed by atoms with Gasteiger partial charge in [-0.3, -0.25) is 9.78 Å². The van der Waals surface area contributed by atoms with E-state index in [9.17, 15) is 9.18 Å². The van der Waals surface area contributed by atoms with Gasteiger partial charge in [0.05, 0.1) is 16.8 Å². The van der Waals surface area contributed by atoms with Crippen LogP contribution in [0.25, 0.3) is 22.2 Å². The molecule has 0 unspecified atom stereocenters. The van der Waals surface area contributed by atoms with Crippen molar-refractivity contribution in [3.8, 4) is 11.3 Å². The molecule has 3 heterocycles. The number of fused-ring (bicyclic) bond motifs is 1. The lowest BCUT2D eigenvalue weighted by Gasteiger charge is -2.17. The highest BCUT2D eigenvalue weighted by Gasteiger charge is 2.22.